The molecule has 3 N–H and O–H groups in total. The van der Waals surface area contributed by atoms with Crippen LogP contribution in [0.3, 0.4) is 0 Å². The lowest BCUT2D eigenvalue weighted by Crippen LogP contribution is -2.42. The number of carbonyl (C=O) groups is 1. The Balaban J connectivity index is 0.00000196. The van der Waals surface area contributed by atoms with Crippen LogP contribution in [0.4, 0.5) is 4.39 Å². The van der Waals surface area contributed by atoms with E-state index in [0.717, 1.165) is 48.9 Å². The average molecular weight is 379 g/mol. The maximum Gasteiger partial charge on any atom is 0.272 e. The molecule has 4 rings (SSSR count). The number of aromatic nitrogens is 2. The molecule has 7 heteroatoms. The van der Waals surface area contributed by atoms with Gasteiger partial charge in [-0.25, -0.2) is 9.07 Å². The van der Waals surface area contributed by atoms with E-state index in [1.165, 1.54) is 6.07 Å². The van der Waals surface area contributed by atoms with E-state index in [4.69, 9.17) is 5.73 Å². The Morgan fingerprint density at radius 2 is 2.19 bits per heavy atom. The van der Waals surface area contributed by atoms with Gasteiger partial charge in [-0.1, -0.05) is 6.07 Å². The highest BCUT2D eigenvalue weighted by molar-refractivity contribution is 5.94. The summed E-state index contributed by atoms with van der Waals surface area (Å²) in [5.74, 6) is -0.0210. The van der Waals surface area contributed by atoms with Crippen LogP contribution in [0.1, 0.15) is 46.6 Å². The Kier molecular flexibility index (Phi) is 5.34. The lowest BCUT2D eigenvalue weighted by molar-refractivity contribution is 0.0927. The van der Waals surface area contributed by atoms with Crippen molar-refractivity contribution >= 4 is 18.3 Å². The first-order valence-electron chi connectivity index (χ1n) is 8.96. The summed E-state index contributed by atoms with van der Waals surface area (Å²) < 4.78 is 16.0. The van der Waals surface area contributed by atoms with Crippen LogP contribution < -0.4 is 11.1 Å². The molecule has 1 heterocycles. The zero-order valence-corrected chi connectivity index (χ0v) is 15.6. The molecule has 1 saturated carbocycles. The molecule has 0 aliphatic heterocycles. The molecule has 140 valence electrons. The van der Waals surface area contributed by atoms with E-state index in [1.807, 2.05) is 13.0 Å². The van der Waals surface area contributed by atoms with Crippen LogP contribution in [0, 0.1) is 18.7 Å². The molecule has 2 aromatic rings. The van der Waals surface area contributed by atoms with Crippen molar-refractivity contribution in [1.29, 1.82) is 0 Å². The number of nitrogens with two attached hydrogens (primary N) is 1. The Labute approximate surface area is 158 Å². The Hall–Kier alpha value is -1.92. The second kappa shape index (κ2) is 7.37. The molecule has 1 aromatic heterocycles. The van der Waals surface area contributed by atoms with Gasteiger partial charge >= 0.3 is 0 Å². The zero-order valence-electron chi connectivity index (χ0n) is 14.8. The number of carbonyl (C=O) groups excluding carboxylic acids is 1. The highest BCUT2D eigenvalue weighted by Gasteiger charge is 2.34. The lowest BCUT2D eigenvalue weighted by Gasteiger charge is -2.15. The fourth-order valence-electron chi connectivity index (χ4n) is 3.71. The predicted molar refractivity (Wildman–Crippen MR) is 101 cm³/mol. The largest absolute Gasteiger partial charge is 0.346 e. The number of fused-ring (bicyclic) bond motifs is 1. The predicted octanol–water partition coefficient (Wildman–Crippen LogP) is 2.70. The monoisotopic (exact) mass is 378 g/mol. The van der Waals surface area contributed by atoms with Gasteiger partial charge in [0.25, 0.3) is 5.91 Å². The summed E-state index contributed by atoms with van der Waals surface area (Å²) in [7, 11) is 0. The van der Waals surface area contributed by atoms with Crippen molar-refractivity contribution in [1.82, 2.24) is 15.1 Å². The molecule has 26 heavy (non-hydrogen) atoms. The number of rotatable bonds is 5. The number of halogens is 2. The van der Waals surface area contributed by atoms with Gasteiger partial charge in [0, 0.05) is 23.8 Å². The van der Waals surface area contributed by atoms with Crippen molar-refractivity contribution in [3.05, 3.63) is 46.5 Å². The van der Waals surface area contributed by atoms with Crippen molar-refractivity contribution in [3.63, 3.8) is 0 Å². The number of nitrogens with one attached hydrogen (secondary N) is 1. The van der Waals surface area contributed by atoms with Crippen LogP contribution >= 0.6 is 12.4 Å². The normalized spacial score (nSPS) is 16.7. The second-order valence-corrected chi connectivity index (χ2v) is 7.15. The summed E-state index contributed by atoms with van der Waals surface area (Å²) in [4.78, 5) is 12.8. The van der Waals surface area contributed by atoms with E-state index >= 15 is 0 Å². The average Bonchev–Trinajstić information content (AvgIpc) is 3.20. The zero-order chi connectivity index (χ0) is 17.6. The highest BCUT2D eigenvalue weighted by Crippen LogP contribution is 2.33. The van der Waals surface area contributed by atoms with Gasteiger partial charge in [0.1, 0.15) is 11.5 Å². The van der Waals surface area contributed by atoms with E-state index < -0.39 is 0 Å². The summed E-state index contributed by atoms with van der Waals surface area (Å²) in [6, 6.07) is 5.09. The molecule has 1 aromatic carbocycles. The minimum absolute atomic E-state index is 0. The molecule has 1 fully saturated rings. The second-order valence-electron chi connectivity index (χ2n) is 7.15. The van der Waals surface area contributed by atoms with Crippen LogP contribution in [0.5, 0.6) is 0 Å². The molecule has 2 aliphatic carbocycles. The van der Waals surface area contributed by atoms with E-state index in [0.29, 0.717) is 23.8 Å². The molecule has 2 aliphatic rings. The molecular weight excluding hydrogens is 355 g/mol. The van der Waals surface area contributed by atoms with E-state index in [9.17, 15) is 9.18 Å². The van der Waals surface area contributed by atoms with Gasteiger partial charge in [-0.15, -0.1) is 12.4 Å². The Morgan fingerprint density at radius 1 is 1.42 bits per heavy atom. The van der Waals surface area contributed by atoms with Crippen LogP contribution in [0.25, 0.3) is 5.69 Å². The quantitative estimate of drug-likeness (QED) is 0.840. The molecule has 0 spiro atoms. The minimum Gasteiger partial charge on any atom is -0.346 e. The molecule has 1 atom stereocenters. The Morgan fingerprint density at radius 3 is 2.85 bits per heavy atom. The third-order valence-electron chi connectivity index (χ3n) is 5.24. The maximum absolute atomic E-state index is 14.4. The molecule has 1 amide bonds. The van der Waals surface area contributed by atoms with Gasteiger partial charge in [0.05, 0.1) is 0 Å². The van der Waals surface area contributed by atoms with Gasteiger partial charge in [0.15, 0.2) is 5.69 Å². The fourth-order valence-corrected chi connectivity index (χ4v) is 3.71. The summed E-state index contributed by atoms with van der Waals surface area (Å²) >= 11 is 0. The van der Waals surface area contributed by atoms with Crippen molar-refractivity contribution in [2.75, 3.05) is 6.54 Å². The van der Waals surface area contributed by atoms with Gasteiger partial charge in [-0.3, -0.25) is 4.79 Å². The fraction of sp³-hybridized carbons (Fsp3) is 0.474. The third kappa shape index (κ3) is 3.35. The van der Waals surface area contributed by atoms with E-state index in [1.54, 1.807) is 10.7 Å². The van der Waals surface area contributed by atoms with Gasteiger partial charge in [-0.05, 0) is 62.6 Å². The van der Waals surface area contributed by atoms with Crippen molar-refractivity contribution in [2.45, 2.75) is 45.1 Å². The number of aryl methyl sites for hydroxylation is 1. The van der Waals surface area contributed by atoms with Crippen LogP contribution in [-0.2, 0) is 12.8 Å². The maximum atomic E-state index is 14.4. The van der Waals surface area contributed by atoms with Crippen molar-refractivity contribution < 1.29 is 9.18 Å². The SMILES string of the molecule is Cc1ccc(-n2nc(C(=O)NC(CN)C3CC3)c3c2CCC3)c(F)c1.Cl. The van der Waals surface area contributed by atoms with Crippen molar-refractivity contribution in [3.8, 4) is 5.69 Å². The topological polar surface area (TPSA) is 72.9 Å². The lowest BCUT2D eigenvalue weighted by atomic mass is 10.1. The van der Waals surface area contributed by atoms with Crippen molar-refractivity contribution in [2.24, 2.45) is 11.7 Å². The molecule has 0 saturated heterocycles. The highest BCUT2D eigenvalue weighted by atomic mass is 35.5. The summed E-state index contributed by atoms with van der Waals surface area (Å²) in [6.07, 6.45) is 4.81. The Bertz CT molecular complexity index is 831. The number of benzene rings is 1. The summed E-state index contributed by atoms with van der Waals surface area (Å²) in [5.41, 5.74) is 9.37. The molecular formula is C19H24ClFN4O. The summed E-state index contributed by atoms with van der Waals surface area (Å²) in [5, 5.41) is 7.51. The summed E-state index contributed by atoms with van der Waals surface area (Å²) in [6.45, 7) is 2.29. The van der Waals surface area contributed by atoms with Crippen LogP contribution in [-0.4, -0.2) is 28.3 Å². The molecule has 1 unspecified atom stereocenters. The number of amides is 1. The van der Waals surface area contributed by atoms with Gasteiger partial charge in [-0.2, -0.15) is 5.10 Å². The molecule has 5 nitrogen and oxygen atoms in total. The standard InChI is InChI=1S/C19H23FN4O.ClH/c1-11-5-8-17(14(20)9-11)24-16-4-2-3-13(16)18(23-24)19(25)22-15(10-21)12-6-7-12;/h5,8-9,12,15H,2-4,6-7,10,21H2,1H3,(H,22,25);1H. The smallest absolute Gasteiger partial charge is 0.272 e. The number of hydrogen-bond acceptors (Lipinski definition) is 3. The van der Waals surface area contributed by atoms with Gasteiger partial charge < -0.3 is 11.1 Å². The molecule has 0 bridgehead atoms. The first kappa shape index (κ1) is 18.9. The first-order valence-corrected chi connectivity index (χ1v) is 8.96. The number of nitrogens with zero attached hydrogens (tertiary/aromatic N) is 2. The van der Waals surface area contributed by atoms with Crippen LogP contribution in [0.2, 0.25) is 0 Å². The molecule has 0 radical (unpaired) electrons. The minimum atomic E-state index is -0.318. The number of hydrogen-bond donors (Lipinski definition) is 2. The van der Waals surface area contributed by atoms with Crippen LogP contribution in [0.15, 0.2) is 18.2 Å². The third-order valence-corrected chi connectivity index (χ3v) is 5.24. The van der Waals surface area contributed by atoms with Gasteiger partial charge in [0.2, 0.25) is 0 Å². The van der Waals surface area contributed by atoms with E-state index in [-0.39, 0.29) is 30.2 Å². The van der Waals surface area contributed by atoms with E-state index in [2.05, 4.69) is 10.4 Å². The first-order chi connectivity index (χ1) is 12.1.